The summed E-state index contributed by atoms with van der Waals surface area (Å²) in [5.41, 5.74) is 0. The van der Waals surface area contributed by atoms with Crippen molar-refractivity contribution in [2.24, 2.45) is 0 Å². The molecule has 0 atom stereocenters. The number of carbonyl (C=O) groups excluding carboxylic acids is 4. The number of ketones is 2. The normalized spacial score (nSPS) is 9.50. The van der Waals surface area contributed by atoms with Gasteiger partial charge in [0.1, 0.15) is 24.4 Å². The van der Waals surface area contributed by atoms with Crippen molar-refractivity contribution in [3.63, 3.8) is 0 Å². The smallest absolute Gasteiger partial charge is 0.299 e. The Morgan fingerprint density at radius 3 is 1.25 bits per heavy atom. The molecule has 0 N–H and O–H groups in total. The van der Waals surface area contributed by atoms with Crippen molar-refractivity contribution in [3.05, 3.63) is 0 Å². The third-order valence-electron chi connectivity index (χ3n) is 2.25. The molecule has 0 aromatic heterocycles. The maximum Gasteiger partial charge on any atom is 0.349 e. The Balaban J connectivity index is 0. The zero-order chi connectivity index (χ0) is 18.8. The van der Waals surface area contributed by atoms with E-state index in [-0.39, 0.29) is 24.4 Å². The van der Waals surface area contributed by atoms with Crippen molar-refractivity contribution in [1.82, 2.24) is 0 Å². The maximum atomic E-state index is 10.6. The van der Waals surface area contributed by atoms with Gasteiger partial charge in [0.15, 0.2) is 0 Å². The van der Waals surface area contributed by atoms with E-state index in [1.807, 2.05) is 13.8 Å². The van der Waals surface area contributed by atoms with Crippen LogP contribution < -0.4 is 0 Å². The number of carbonyl (C=O) groups is 4. The average Bonchev–Trinajstić information content (AvgIpc) is 2.47. The van der Waals surface area contributed by atoms with Crippen LogP contribution in [0.4, 0.5) is 0 Å². The molecule has 24 heavy (non-hydrogen) atoms. The quantitative estimate of drug-likeness (QED) is 0.229. The Bertz CT molecular complexity index is 342. The second kappa shape index (κ2) is 17.6. The Labute approximate surface area is 142 Å². The minimum atomic E-state index is -0.626. The van der Waals surface area contributed by atoms with Crippen molar-refractivity contribution in [1.29, 1.82) is 0 Å². The Kier molecular flexibility index (Phi) is 17.9. The molecule has 8 heteroatoms. The van der Waals surface area contributed by atoms with Gasteiger partial charge in [-0.3, -0.25) is 19.4 Å². The van der Waals surface area contributed by atoms with E-state index in [4.69, 9.17) is 0 Å². The Morgan fingerprint density at radius 1 is 0.667 bits per heavy atom. The molecular weight excluding hydrogens is 320 g/mol. The average molecular weight is 348 g/mol. The van der Waals surface area contributed by atoms with Crippen LogP contribution in [-0.4, -0.2) is 36.7 Å². The molecule has 0 bridgehead atoms. The number of unbranched alkanes of at least 4 members (excludes halogenated alkanes) is 2. The predicted molar refractivity (Wildman–Crippen MR) is 84.5 cm³/mol. The number of hydrogen-bond donors (Lipinski definition) is 0. The van der Waals surface area contributed by atoms with Crippen LogP contribution in [0.1, 0.15) is 66.2 Å². The van der Waals surface area contributed by atoms with Crippen LogP contribution in [-0.2, 0) is 38.7 Å². The minimum Gasteiger partial charge on any atom is -0.299 e. The summed E-state index contributed by atoms with van der Waals surface area (Å²) in [5.74, 6) is -1.70. The van der Waals surface area contributed by atoms with Crippen LogP contribution in [0.25, 0.3) is 0 Å². The van der Waals surface area contributed by atoms with Gasteiger partial charge in [0.05, 0.1) is 13.2 Å². The van der Waals surface area contributed by atoms with Crippen molar-refractivity contribution in [2.45, 2.75) is 66.2 Å². The van der Waals surface area contributed by atoms with Crippen LogP contribution in [0.3, 0.4) is 0 Å². The van der Waals surface area contributed by atoms with E-state index < -0.39 is 11.9 Å². The summed E-state index contributed by atoms with van der Waals surface area (Å²) >= 11 is 0. The third-order valence-corrected chi connectivity index (χ3v) is 2.25. The fraction of sp³-hybridized carbons (Fsp3) is 0.750. The molecule has 0 saturated heterocycles. The summed E-state index contributed by atoms with van der Waals surface area (Å²) < 4.78 is 0. The molecule has 140 valence electrons. The molecule has 0 rings (SSSR count). The Morgan fingerprint density at radius 2 is 1.00 bits per heavy atom. The molecule has 0 amide bonds. The summed E-state index contributed by atoms with van der Waals surface area (Å²) in [4.78, 5) is 59.7. The molecule has 0 radical (unpaired) electrons. The lowest BCUT2D eigenvalue weighted by atomic mass is 10.3. The minimum absolute atomic E-state index is 0.216. The summed E-state index contributed by atoms with van der Waals surface area (Å²) in [5, 5.41) is 0. The number of rotatable bonds is 12. The topological polar surface area (TPSA) is 105 Å². The second-order valence-electron chi connectivity index (χ2n) is 5.02. The first kappa shape index (κ1) is 24.5. The summed E-state index contributed by atoms with van der Waals surface area (Å²) in [6.45, 7) is 7.43. The van der Waals surface area contributed by atoms with Gasteiger partial charge >= 0.3 is 11.9 Å². The van der Waals surface area contributed by atoms with E-state index in [0.717, 1.165) is 25.7 Å². The zero-order valence-electron chi connectivity index (χ0n) is 14.9. The second-order valence-corrected chi connectivity index (χ2v) is 5.02. The molecule has 0 aromatic carbocycles. The third kappa shape index (κ3) is 22.5. The predicted octanol–water partition coefficient (Wildman–Crippen LogP) is 2.48. The SMILES string of the molecule is CCCCOOC(=O)CC(C)=O.CCCCOOC(=O)CC(C)=O. The van der Waals surface area contributed by atoms with Crippen molar-refractivity contribution in [2.75, 3.05) is 13.2 Å². The van der Waals surface area contributed by atoms with Gasteiger partial charge in [0.25, 0.3) is 0 Å². The lowest BCUT2D eigenvalue weighted by Crippen LogP contribution is -2.09. The van der Waals surface area contributed by atoms with Crippen LogP contribution in [0.2, 0.25) is 0 Å². The molecule has 0 spiro atoms. The van der Waals surface area contributed by atoms with Gasteiger partial charge in [0.2, 0.25) is 0 Å². The monoisotopic (exact) mass is 348 g/mol. The van der Waals surface area contributed by atoms with Gasteiger partial charge in [-0.05, 0) is 26.7 Å². The van der Waals surface area contributed by atoms with Crippen molar-refractivity contribution < 1.29 is 38.7 Å². The lowest BCUT2D eigenvalue weighted by molar-refractivity contribution is -0.272. The van der Waals surface area contributed by atoms with E-state index >= 15 is 0 Å². The van der Waals surface area contributed by atoms with E-state index in [0.29, 0.717) is 13.2 Å². The van der Waals surface area contributed by atoms with Gasteiger partial charge < -0.3 is 0 Å². The van der Waals surface area contributed by atoms with E-state index in [9.17, 15) is 19.2 Å². The highest BCUT2D eigenvalue weighted by atomic mass is 17.2. The molecular formula is C16H28O8. The standard InChI is InChI=1S/2C8H14O4/c2*1-3-4-5-11-12-8(10)6-7(2)9/h2*3-6H2,1-2H3. The van der Waals surface area contributed by atoms with Gasteiger partial charge in [0, 0.05) is 0 Å². The van der Waals surface area contributed by atoms with Crippen LogP contribution in [0.15, 0.2) is 0 Å². The number of Topliss-reactive ketones (excluding diaryl/α,β-unsaturated/α-hetero) is 2. The molecule has 0 aliphatic carbocycles. The zero-order valence-corrected chi connectivity index (χ0v) is 14.9. The highest BCUT2D eigenvalue weighted by molar-refractivity contribution is 5.94. The molecule has 0 heterocycles. The highest BCUT2D eigenvalue weighted by Gasteiger charge is 2.07. The summed E-state index contributed by atoms with van der Waals surface area (Å²) in [6.07, 6.45) is 3.20. The molecule has 8 nitrogen and oxygen atoms in total. The molecule has 0 saturated carbocycles. The van der Waals surface area contributed by atoms with Crippen LogP contribution >= 0.6 is 0 Å². The van der Waals surface area contributed by atoms with Gasteiger partial charge in [-0.1, -0.05) is 26.7 Å². The highest BCUT2D eigenvalue weighted by Crippen LogP contribution is 1.93. The van der Waals surface area contributed by atoms with E-state index in [2.05, 4.69) is 19.6 Å². The van der Waals surface area contributed by atoms with Crippen LogP contribution in [0, 0.1) is 0 Å². The summed E-state index contributed by atoms with van der Waals surface area (Å²) in [7, 11) is 0. The first-order chi connectivity index (χ1) is 11.3. The van der Waals surface area contributed by atoms with Gasteiger partial charge in [-0.25, -0.2) is 9.59 Å². The summed E-state index contributed by atoms with van der Waals surface area (Å²) in [6, 6.07) is 0. The molecule has 0 fully saturated rings. The van der Waals surface area contributed by atoms with E-state index in [1.165, 1.54) is 13.8 Å². The molecule has 0 unspecified atom stereocenters. The fourth-order valence-electron chi connectivity index (χ4n) is 1.09. The first-order valence-electron chi connectivity index (χ1n) is 7.96. The maximum absolute atomic E-state index is 10.6. The number of hydrogen-bond acceptors (Lipinski definition) is 8. The fourth-order valence-corrected chi connectivity index (χ4v) is 1.09. The first-order valence-corrected chi connectivity index (χ1v) is 7.96. The van der Waals surface area contributed by atoms with Gasteiger partial charge in [-0.15, -0.1) is 0 Å². The van der Waals surface area contributed by atoms with Crippen LogP contribution in [0.5, 0.6) is 0 Å². The van der Waals surface area contributed by atoms with Crippen molar-refractivity contribution in [3.8, 4) is 0 Å². The largest absolute Gasteiger partial charge is 0.349 e. The van der Waals surface area contributed by atoms with Gasteiger partial charge in [-0.2, -0.15) is 9.78 Å². The van der Waals surface area contributed by atoms with Crippen molar-refractivity contribution >= 4 is 23.5 Å². The molecule has 0 aliphatic rings. The molecule has 0 aromatic rings. The molecule has 0 aliphatic heterocycles. The van der Waals surface area contributed by atoms with E-state index in [1.54, 1.807) is 0 Å². The Hall–Kier alpha value is -1.80. The lowest BCUT2D eigenvalue weighted by Gasteiger charge is -2.00.